The van der Waals surface area contributed by atoms with Crippen LogP contribution in [0, 0.1) is 0 Å². The number of hydrogen-bond acceptors (Lipinski definition) is 2. The van der Waals surface area contributed by atoms with Crippen LogP contribution in [-0.2, 0) is 0 Å². The molecule has 1 N–H and O–H groups in total. The van der Waals surface area contributed by atoms with Crippen molar-refractivity contribution in [3.63, 3.8) is 0 Å². The summed E-state index contributed by atoms with van der Waals surface area (Å²) in [6.45, 7) is 1.93. The second-order valence-corrected chi connectivity index (χ2v) is 2.40. The highest BCUT2D eigenvalue weighted by atomic mass is 79.9. The van der Waals surface area contributed by atoms with Crippen molar-refractivity contribution in [1.82, 2.24) is 4.98 Å². The molecule has 0 aliphatic carbocycles. The molecule has 1 aromatic rings. The summed E-state index contributed by atoms with van der Waals surface area (Å²) in [5.41, 5.74) is 0. The molecule has 0 saturated heterocycles. The molecule has 1 rings (SSSR count). The van der Waals surface area contributed by atoms with Gasteiger partial charge in [0, 0.05) is 23.5 Å². The van der Waals surface area contributed by atoms with Gasteiger partial charge < -0.3 is 5.11 Å². The molecule has 0 aliphatic rings. The quantitative estimate of drug-likeness (QED) is 0.699. The van der Waals surface area contributed by atoms with Crippen molar-refractivity contribution in [1.29, 1.82) is 0 Å². The van der Waals surface area contributed by atoms with Gasteiger partial charge in [0.05, 0.1) is 0 Å². The Morgan fingerprint density at radius 2 is 1.90 bits per heavy atom. The Bertz CT molecular complexity index is 155. The van der Waals surface area contributed by atoms with Gasteiger partial charge in [0.15, 0.2) is 0 Å². The highest BCUT2D eigenvalue weighted by Crippen LogP contribution is 2.03. The molecule has 0 unspecified atom stereocenters. The first kappa shape index (κ1) is 9.59. The Hall–Kier alpha value is -0.410. The molecule has 56 valence electrons. The fraction of sp³-hybridized carbons (Fsp3) is 0.286. The number of halogens is 1. The maximum absolute atomic E-state index is 7.57. The van der Waals surface area contributed by atoms with Gasteiger partial charge in [-0.15, -0.1) is 0 Å². The molecular formula is C7H10BrNO. The predicted octanol–water partition coefficient (Wildman–Crippen LogP) is 1.84. The topological polar surface area (TPSA) is 33.1 Å². The molecule has 0 atom stereocenters. The van der Waals surface area contributed by atoms with Gasteiger partial charge in [-0.2, -0.15) is 0 Å². The van der Waals surface area contributed by atoms with Crippen LogP contribution in [0.3, 0.4) is 0 Å². The first-order valence-corrected chi connectivity index (χ1v) is 3.77. The third-order valence-corrected chi connectivity index (χ3v) is 1.17. The summed E-state index contributed by atoms with van der Waals surface area (Å²) in [5, 5.41) is 7.57. The van der Waals surface area contributed by atoms with Crippen LogP contribution in [0.2, 0.25) is 0 Å². The lowest BCUT2D eigenvalue weighted by molar-refractivity contribution is 0.318. The van der Waals surface area contributed by atoms with E-state index >= 15 is 0 Å². The van der Waals surface area contributed by atoms with Crippen LogP contribution in [0.1, 0.15) is 6.92 Å². The van der Waals surface area contributed by atoms with E-state index in [2.05, 4.69) is 20.9 Å². The highest BCUT2D eigenvalue weighted by Gasteiger charge is 1.75. The first-order valence-electron chi connectivity index (χ1n) is 2.97. The normalized spacial score (nSPS) is 7.90. The van der Waals surface area contributed by atoms with Crippen LogP contribution in [-0.4, -0.2) is 16.7 Å². The van der Waals surface area contributed by atoms with Crippen molar-refractivity contribution in [2.24, 2.45) is 0 Å². The molecule has 3 heteroatoms. The summed E-state index contributed by atoms with van der Waals surface area (Å²) in [4.78, 5) is 3.82. The molecule has 0 saturated carbocycles. The predicted molar refractivity (Wildman–Crippen MR) is 44.7 cm³/mol. The Morgan fingerprint density at radius 1 is 1.50 bits per heavy atom. The van der Waals surface area contributed by atoms with E-state index in [1.165, 1.54) is 0 Å². The van der Waals surface area contributed by atoms with Crippen LogP contribution in [0.5, 0.6) is 0 Å². The molecule has 0 fully saturated rings. The van der Waals surface area contributed by atoms with Gasteiger partial charge in [-0.05, 0) is 19.1 Å². The number of aliphatic hydroxyl groups is 1. The van der Waals surface area contributed by atoms with Crippen LogP contribution in [0.4, 0.5) is 0 Å². The van der Waals surface area contributed by atoms with Crippen LogP contribution < -0.4 is 0 Å². The van der Waals surface area contributed by atoms with Gasteiger partial charge in [-0.1, -0.05) is 15.9 Å². The highest BCUT2D eigenvalue weighted by molar-refractivity contribution is 9.10. The van der Waals surface area contributed by atoms with Crippen molar-refractivity contribution >= 4 is 15.9 Å². The van der Waals surface area contributed by atoms with Crippen LogP contribution in [0.25, 0.3) is 0 Å². The zero-order chi connectivity index (χ0) is 7.82. The van der Waals surface area contributed by atoms with Gasteiger partial charge in [0.25, 0.3) is 0 Å². The van der Waals surface area contributed by atoms with Gasteiger partial charge in [-0.25, -0.2) is 0 Å². The molecule has 2 nitrogen and oxygen atoms in total. The third kappa shape index (κ3) is 5.72. The molecule has 0 amide bonds. The van der Waals surface area contributed by atoms with Crippen molar-refractivity contribution in [3.8, 4) is 0 Å². The lowest BCUT2D eigenvalue weighted by atomic mass is 10.5. The number of hydrogen-bond donors (Lipinski definition) is 1. The van der Waals surface area contributed by atoms with Crippen molar-refractivity contribution in [3.05, 3.63) is 29.0 Å². The van der Waals surface area contributed by atoms with E-state index in [-0.39, 0.29) is 6.61 Å². The maximum Gasteiger partial charge on any atom is 0.0402 e. The lowest BCUT2D eigenvalue weighted by Gasteiger charge is -1.80. The van der Waals surface area contributed by atoms with Gasteiger partial charge in [0.2, 0.25) is 0 Å². The summed E-state index contributed by atoms with van der Waals surface area (Å²) in [5.74, 6) is 0. The molecule has 0 radical (unpaired) electrons. The minimum Gasteiger partial charge on any atom is -0.397 e. The zero-order valence-corrected chi connectivity index (χ0v) is 7.37. The number of aliphatic hydroxyl groups excluding tert-OH is 1. The minimum atomic E-state index is 0.250. The average Bonchev–Trinajstić information content (AvgIpc) is 1.91. The molecule has 10 heavy (non-hydrogen) atoms. The smallest absolute Gasteiger partial charge is 0.0402 e. The molecule has 0 aliphatic heterocycles. The summed E-state index contributed by atoms with van der Waals surface area (Å²) < 4.78 is 1.07. The number of aromatic nitrogens is 1. The van der Waals surface area contributed by atoms with E-state index in [4.69, 9.17) is 5.11 Å². The SMILES string of the molecule is Brc1ccncc1.CCO. The molecule has 0 bridgehead atoms. The fourth-order valence-corrected chi connectivity index (χ4v) is 0.570. The standard InChI is InChI=1S/C5H4BrN.C2H6O/c6-5-1-3-7-4-2-5;1-2-3/h1-4H;3H,2H2,1H3. The Labute approximate surface area is 69.0 Å². The summed E-state index contributed by atoms with van der Waals surface area (Å²) in [7, 11) is 0. The molecule has 0 aromatic carbocycles. The molecule has 1 aromatic heterocycles. The maximum atomic E-state index is 7.57. The number of pyridine rings is 1. The number of nitrogens with zero attached hydrogens (tertiary/aromatic N) is 1. The minimum absolute atomic E-state index is 0.250. The van der Waals surface area contributed by atoms with E-state index in [0.717, 1.165) is 4.47 Å². The number of rotatable bonds is 0. The second-order valence-electron chi connectivity index (χ2n) is 1.48. The summed E-state index contributed by atoms with van der Waals surface area (Å²) >= 11 is 3.27. The van der Waals surface area contributed by atoms with Crippen molar-refractivity contribution < 1.29 is 5.11 Å². The van der Waals surface area contributed by atoms with Gasteiger partial charge >= 0.3 is 0 Å². The monoisotopic (exact) mass is 203 g/mol. The Morgan fingerprint density at radius 3 is 2.10 bits per heavy atom. The van der Waals surface area contributed by atoms with E-state index in [1.807, 2.05) is 12.1 Å². The van der Waals surface area contributed by atoms with E-state index in [9.17, 15) is 0 Å². The summed E-state index contributed by atoms with van der Waals surface area (Å²) in [6, 6.07) is 3.78. The molecule has 1 heterocycles. The summed E-state index contributed by atoms with van der Waals surface area (Å²) in [6.07, 6.45) is 3.48. The van der Waals surface area contributed by atoms with Gasteiger partial charge in [0.1, 0.15) is 0 Å². The van der Waals surface area contributed by atoms with E-state index < -0.39 is 0 Å². The lowest BCUT2D eigenvalue weighted by Crippen LogP contribution is -1.63. The van der Waals surface area contributed by atoms with E-state index in [1.54, 1.807) is 19.3 Å². The Kier molecular flexibility index (Phi) is 6.43. The molecular weight excluding hydrogens is 194 g/mol. The average molecular weight is 204 g/mol. The van der Waals surface area contributed by atoms with E-state index in [0.29, 0.717) is 0 Å². The zero-order valence-electron chi connectivity index (χ0n) is 5.79. The fourth-order valence-electron chi connectivity index (χ4n) is 0.334. The van der Waals surface area contributed by atoms with Gasteiger partial charge in [-0.3, -0.25) is 4.98 Å². The Balaban J connectivity index is 0.000000236. The second kappa shape index (κ2) is 6.71. The van der Waals surface area contributed by atoms with Crippen LogP contribution >= 0.6 is 15.9 Å². The van der Waals surface area contributed by atoms with Crippen molar-refractivity contribution in [2.45, 2.75) is 6.92 Å². The van der Waals surface area contributed by atoms with Crippen molar-refractivity contribution in [2.75, 3.05) is 6.61 Å². The third-order valence-electron chi connectivity index (χ3n) is 0.640. The van der Waals surface area contributed by atoms with Crippen LogP contribution in [0.15, 0.2) is 29.0 Å². The molecule has 0 spiro atoms. The first-order chi connectivity index (χ1) is 4.81. The largest absolute Gasteiger partial charge is 0.397 e.